The van der Waals surface area contributed by atoms with E-state index in [9.17, 15) is 4.79 Å². The molecule has 6 N–H and O–H groups in total. The van der Waals surface area contributed by atoms with Crippen LogP contribution in [0.5, 0.6) is 0 Å². The summed E-state index contributed by atoms with van der Waals surface area (Å²) in [4.78, 5) is 17.0. The lowest BCUT2D eigenvalue weighted by Crippen LogP contribution is -3.05. The number of guanidine groups is 1. The zero-order chi connectivity index (χ0) is 10.1. The van der Waals surface area contributed by atoms with Crippen LogP contribution in [0.2, 0.25) is 0 Å². The van der Waals surface area contributed by atoms with Crippen molar-refractivity contribution in [3.05, 3.63) is 0 Å². The highest BCUT2D eigenvalue weighted by Crippen LogP contribution is 2.23. The standard InChI is InChI=1S/C8H14N4O/c1-3-8(4-2)5(9)11-7(10)12-6(8)13/h3-4H2,1-2H3,(H4,9,10,11,12,13)/p+2. The third kappa shape index (κ3) is 1.30. The predicted octanol–water partition coefficient (Wildman–Crippen LogP) is -3.83. The third-order valence-corrected chi connectivity index (χ3v) is 2.67. The lowest BCUT2D eigenvalue weighted by atomic mass is 9.80. The van der Waals surface area contributed by atoms with Crippen molar-refractivity contribution < 1.29 is 14.8 Å². The number of hydrogen-bond donors (Lipinski definition) is 4. The summed E-state index contributed by atoms with van der Waals surface area (Å²) in [7, 11) is 0. The molecule has 0 aromatic rings. The van der Waals surface area contributed by atoms with Gasteiger partial charge in [-0.25, -0.2) is 10.5 Å². The molecule has 1 rings (SSSR count). The molecule has 0 fully saturated rings. The molecule has 0 spiro atoms. The molecule has 0 aromatic carbocycles. The van der Waals surface area contributed by atoms with Crippen LogP contribution in [0.3, 0.4) is 0 Å². The molecule has 0 atom stereocenters. The summed E-state index contributed by atoms with van der Waals surface area (Å²) >= 11 is 0. The van der Waals surface area contributed by atoms with Gasteiger partial charge >= 0.3 is 11.9 Å². The molecule has 5 nitrogen and oxygen atoms in total. The fourth-order valence-electron chi connectivity index (χ4n) is 1.61. The Kier molecular flexibility index (Phi) is 2.36. The number of nitrogens with two attached hydrogens (primary N) is 2. The van der Waals surface area contributed by atoms with Crippen LogP contribution in [0.25, 0.3) is 0 Å². The van der Waals surface area contributed by atoms with Crippen molar-refractivity contribution in [1.29, 1.82) is 0 Å². The van der Waals surface area contributed by atoms with E-state index in [1.807, 2.05) is 13.8 Å². The van der Waals surface area contributed by atoms with Crippen LogP contribution in [-0.4, -0.2) is 17.7 Å². The van der Waals surface area contributed by atoms with E-state index in [0.717, 1.165) is 0 Å². The minimum absolute atomic E-state index is 0.119. The fraction of sp³-hybridized carbons (Fsp3) is 0.625. The largest absolute Gasteiger partial charge is 0.523 e. The molecular weight excluding hydrogens is 168 g/mol. The van der Waals surface area contributed by atoms with Crippen LogP contribution in [0, 0.1) is 5.41 Å². The van der Waals surface area contributed by atoms with E-state index in [0.29, 0.717) is 18.7 Å². The Morgan fingerprint density at radius 1 is 1.23 bits per heavy atom. The summed E-state index contributed by atoms with van der Waals surface area (Å²) in [6, 6.07) is 0. The van der Waals surface area contributed by atoms with Crippen molar-refractivity contribution in [2.24, 2.45) is 16.9 Å². The van der Waals surface area contributed by atoms with Gasteiger partial charge in [0.15, 0.2) is 5.41 Å². The van der Waals surface area contributed by atoms with Gasteiger partial charge in [0.1, 0.15) is 0 Å². The van der Waals surface area contributed by atoms with Gasteiger partial charge in [-0.3, -0.25) is 0 Å². The van der Waals surface area contributed by atoms with Crippen LogP contribution >= 0.6 is 0 Å². The monoisotopic (exact) mass is 184 g/mol. The maximum absolute atomic E-state index is 11.6. The lowest BCUT2D eigenvalue weighted by molar-refractivity contribution is -0.483. The first-order valence-electron chi connectivity index (χ1n) is 4.40. The Hall–Kier alpha value is -1.39. The summed E-state index contributed by atoms with van der Waals surface area (Å²) in [5.74, 6) is 0.532. The van der Waals surface area contributed by atoms with Gasteiger partial charge in [0.05, 0.1) is 0 Å². The Morgan fingerprint density at radius 3 is 2.15 bits per heavy atom. The van der Waals surface area contributed by atoms with Crippen molar-refractivity contribution in [3.63, 3.8) is 0 Å². The number of amides is 1. The van der Waals surface area contributed by atoms with E-state index in [2.05, 4.69) is 9.98 Å². The first kappa shape index (κ1) is 9.70. The molecule has 1 aliphatic heterocycles. The summed E-state index contributed by atoms with van der Waals surface area (Å²) in [5, 5.41) is 0. The first-order chi connectivity index (χ1) is 6.06. The highest BCUT2D eigenvalue weighted by atomic mass is 16.1. The van der Waals surface area contributed by atoms with Gasteiger partial charge < -0.3 is 5.73 Å². The van der Waals surface area contributed by atoms with Crippen LogP contribution in [0.4, 0.5) is 0 Å². The number of amidine groups is 1. The lowest BCUT2D eigenvalue weighted by Gasteiger charge is -2.23. The van der Waals surface area contributed by atoms with Crippen LogP contribution in [0.15, 0.2) is 0 Å². The van der Waals surface area contributed by atoms with Crippen molar-refractivity contribution >= 4 is 17.7 Å². The van der Waals surface area contributed by atoms with E-state index < -0.39 is 5.41 Å². The Morgan fingerprint density at radius 2 is 1.77 bits per heavy atom. The molecule has 0 radical (unpaired) electrons. The van der Waals surface area contributed by atoms with Crippen LogP contribution in [-0.2, 0) is 4.79 Å². The molecule has 0 aromatic heterocycles. The SMILES string of the molecule is CCC1(CC)C(=O)[NH+]=C(N)[NH+]=C1N. The summed E-state index contributed by atoms with van der Waals surface area (Å²) in [5.41, 5.74) is 10.6. The van der Waals surface area contributed by atoms with E-state index in [1.54, 1.807) is 0 Å². The Labute approximate surface area is 76.9 Å². The van der Waals surface area contributed by atoms with Gasteiger partial charge in [-0.1, -0.05) is 13.8 Å². The van der Waals surface area contributed by atoms with Gasteiger partial charge in [-0.05, 0) is 12.8 Å². The Bertz CT molecular complexity index is 289. The van der Waals surface area contributed by atoms with Crippen molar-refractivity contribution in [1.82, 2.24) is 0 Å². The molecule has 0 aliphatic carbocycles. The molecule has 0 unspecified atom stereocenters. The third-order valence-electron chi connectivity index (χ3n) is 2.67. The quantitative estimate of drug-likeness (QED) is 0.354. The number of rotatable bonds is 2. The molecule has 0 bridgehead atoms. The average Bonchev–Trinajstić information content (AvgIpc) is 2.05. The van der Waals surface area contributed by atoms with E-state index in [1.165, 1.54) is 0 Å². The van der Waals surface area contributed by atoms with E-state index >= 15 is 0 Å². The van der Waals surface area contributed by atoms with Crippen LogP contribution in [0.1, 0.15) is 26.7 Å². The zero-order valence-corrected chi connectivity index (χ0v) is 7.98. The zero-order valence-electron chi connectivity index (χ0n) is 7.98. The minimum Gasteiger partial charge on any atom is -0.362 e. The molecule has 13 heavy (non-hydrogen) atoms. The number of nitrogens with one attached hydrogen (secondary N) is 2. The fourth-order valence-corrected chi connectivity index (χ4v) is 1.61. The molecule has 0 saturated heterocycles. The summed E-state index contributed by atoms with van der Waals surface area (Å²) in [6.07, 6.45) is 1.34. The molecular formula is C8H16N4O+2. The molecule has 0 saturated carbocycles. The highest BCUT2D eigenvalue weighted by Gasteiger charge is 2.48. The smallest absolute Gasteiger partial charge is 0.362 e. The average molecular weight is 184 g/mol. The minimum atomic E-state index is -0.608. The number of carbonyl (C=O) groups excluding carboxylic acids is 1. The normalized spacial score (nSPS) is 20.9. The molecule has 1 amide bonds. The molecule has 1 heterocycles. The highest BCUT2D eigenvalue weighted by molar-refractivity contribution is 6.04. The topological polar surface area (TPSA) is 97.0 Å². The molecule has 72 valence electrons. The van der Waals surface area contributed by atoms with Gasteiger partial charge in [0.2, 0.25) is 5.84 Å². The maximum Gasteiger partial charge on any atom is 0.523 e. The van der Waals surface area contributed by atoms with Crippen molar-refractivity contribution in [2.75, 3.05) is 0 Å². The van der Waals surface area contributed by atoms with Gasteiger partial charge in [0, 0.05) is 0 Å². The van der Waals surface area contributed by atoms with Gasteiger partial charge in [-0.2, -0.15) is 4.99 Å². The second kappa shape index (κ2) is 3.16. The number of carbonyl (C=O) groups is 1. The molecule has 1 aliphatic rings. The second-order valence-electron chi connectivity index (χ2n) is 3.20. The van der Waals surface area contributed by atoms with Crippen molar-refractivity contribution in [3.8, 4) is 0 Å². The second-order valence-corrected chi connectivity index (χ2v) is 3.20. The summed E-state index contributed by atoms with van der Waals surface area (Å²) in [6.45, 7) is 3.86. The summed E-state index contributed by atoms with van der Waals surface area (Å²) < 4.78 is 0. The predicted molar refractivity (Wildman–Crippen MR) is 48.3 cm³/mol. The first-order valence-corrected chi connectivity index (χ1v) is 4.40. The number of hydrogen-bond acceptors (Lipinski definition) is 3. The van der Waals surface area contributed by atoms with Crippen LogP contribution < -0.4 is 21.5 Å². The van der Waals surface area contributed by atoms with E-state index in [-0.39, 0.29) is 11.9 Å². The van der Waals surface area contributed by atoms with Gasteiger partial charge in [-0.15, -0.1) is 4.99 Å². The Balaban J connectivity index is 3.14. The van der Waals surface area contributed by atoms with E-state index in [4.69, 9.17) is 11.5 Å². The molecule has 5 heteroatoms. The maximum atomic E-state index is 11.6. The van der Waals surface area contributed by atoms with Gasteiger partial charge in [0.25, 0.3) is 0 Å². The van der Waals surface area contributed by atoms with Crippen molar-refractivity contribution in [2.45, 2.75) is 26.7 Å².